The van der Waals surface area contributed by atoms with Crippen LogP contribution in [-0.4, -0.2) is 29.5 Å². The monoisotopic (exact) mass is 255 g/mol. The van der Waals surface area contributed by atoms with Gasteiger partial charge in [0.05, 0.1) is 23.0 Å². The number of carbonyl (C=O) groups excluding carboxylic acids is 1. The molecule has 9 nitrogen and oxygen atoms in total. The highest BCUT2D eigenvalue weighted by atomic mass is 16.6. The fraction of sp³-hybridized carbons (Fsp3) is 0.222. The number of carbonyl (C=O) groups is 1. The number of esters is 1. The molecule has 0 unspecified atom stereocenters. The summed E-state index contributed by atoms with van der Waals surface area (Å²) in [5, 5.41) is 23.7. The molecule has 1 N–H and O–H groups in total. The van der Waals surface area contributed by atoms with Gasteiger partial charge in [0.25, 0.3) is 11.4 Å². The Morgan fingerprint density at radius 3 is 2.50 bits per heavy atom. The molecule has 9 heteroatoms. The van der Waals surface area contributed by atoms with E-state index in [1.54, 1.807) is 0 Å². The Morgan fingerprint density at radius 1 is 1.33 bits per heavy atom. The molecule has 1 aromatic rings. The van der Waals surface area contributed by atoms with E-state index in [0.717, 1.165) is 12.1 Å². The highest BCUT2D eigenvalue weighted by Crippen LogP contribution is 2.28. The molecule has 18 heavy (non-hydrogen) atoms. The molecule has 0 aliphatic rings. The number of nitrogens with zero attached hydrogens (tertiary/aromatic N) is 2. The summed E-state index contributed by atoms with van der Waals surface area (Å²) in [6, 6.07) is 3.09. The van der Waals surface area contributed by atoms with Crippen LogP contribution in [0.1, 0.15) is 0 Å². The predicted molar refractivity (Wildman–Crippen MR) is 60.3 cm³/mol. The molecule has 1 aromatic carbocycles. The summed E-state index contributed by atoms with van der Waals surface area (Å²) in [4.78, 5) is 30.6. The molecule has 0 aromatic heterocycles. The Kier molecular flexibility index (Phi) is 4.13. The average Bonchev–Trinajstić information content (AvgIpc) is 2.35. The molecule has 0 aliphatic heterocycles. The van der Waals surface area contributed by atoms with Crippen molar-refractivity contribution in [3.8, 4) is 0 Å². The Balaban J connectivity index is 3.00. The quantitative estimate of drug-likeness (QED) is 0.474. The summed E-state index contributed by atoms with van der Waals surface area (Å²) in [6.45, 7) is -0.269. The molecule has 0 radical (unpaired) electrons. The maximum Gasteiger partial charge on any atom is 0.325 e. The van der Waals surface area contributed by atoms with E-state index in [2.05, 4.69) is 10.1 Å². The molecule has 0 atom stereocenters. The molecular formula is C9H9N3O6. The number of nitro groups is 2. The third-order valence-electron chi connectivity index (χ3n) is 2.04. The van der Waals surface area contributed by atoms with E-state index in [4.69, 9.17) is 0 Å². The lowest BCUT2D eigenvalue weighted by Gasteiger charge is -2.05. The van der Waals surface area contributed by atoms with E-state index in [0.29, 0.717) is 0 Å². The van der Waals surface area contributed by atoms with Gasteiger partial charge in [-0.15, -0.1) is 0 Å². The molecule has 0 saturated carbocycles. The van der Waals surface area contributed by atoms with Crippen molar-refractivity contribution in [2.45, 2.75) is 0 Å². The van der Waals surface area contributed by atoms with Crippen molar-refractivity contribution in [2.24, 2.45) is 0 Å². The first-order valence-corrected chi connectivity index (χ1v) is 4.69. The van der Waals surface area contributed by atoms with E-state index >= 15 is 0 Å². The Bertz CT molecular complexity index is 501. The number of methoxy groups -OCH3 is 1. The van der Waals surface area contributed by atoms with Gasteiger partial charge in [-0.25, -0.2) is 0 Å². The van der Waals surface area contributed by atoms with Crippen molar-refractivity contribution in [2.75, 3.05) is 19.0 Å². The number of benzene rings is 1. The van der Waals surface area contributed by atoms with Crippen LogP contribution < -0.4 is 5.32 Å². The average molecular weight is 255 g/mol. The summed E-state index contributed by atoms with van der Waals surface area (Å²) < 4.78 is 4.35. The maximum absolute atomic E-state index is 10.9. The molecule has 0 bridgehead atoms. The lowest BCUT2D eigenvalue weighted by atomic mass is 10.2. The molecule has 0 spiro atoms. The first kappa shape index (κ1) is 13.4. The standard InChI is InChI=1S/C9H9N3O6/c1-18-9(13)5-10-7-3-2-6(11(14)15)4-8(7)12(16)17/h2-4,10H,5H2,1H3. The Labute approximate surface area is 101 Å². The van der Waals surface area contributed by atoms with Crippen molar-refractivity contribution in [3.63, 3.8) is 0 Å². The third kappa shape index (κ3) is 3.14. The molecule has 1 rings (SSSR count). The minimum Gasteiger partial charge on any atom is -0.468 e. The minimum atomic E-state index is -0.771. The second-order valence-electron chi connectivity index (χ2n) is 3.15. The predicted octanol–water partition coefficient (Wildman–Crippen LogP) is 1.09. The van der Waals surface area contributed by atoms with Gasteiger partial charge in [-0.05, 0) is 6.07 Å². The van der Waals surface area contributed by atoms with Crippen molar-refractivity contribution < 1.29 is 19.4 Å². The van der Waals surface area contributed by atoms with Crippen LogP contribution in [0, 0.1) is 20.2 Å². The van der Waals surface area contributed by atoms with Gasteiger partial charge in [0, 0.05) is 6.07 Å². The molecule has 0 fully saturated rings. The fourth-order valence-electron chi connectivity index (χ4n) is 1.17. The zero-order chi connectivity index (χ0) is 13.7. The fourth-order valence-corrected chi connectivity index (χ4v) is 1.17. The summed E-state index contributed by atoms with van der Waals surface area (Å²) in [5.41, 5.74) is -0.866. The topological polar surface area (TPSA) is 125 Å². The molecule has 0 saturated heterocycles. The van der Waals surface area contributed by atoms with E-state index < -0.39 is 27.2 Å². The lowest BCUT2D eigenvalue weighted by molar-refractivity contribution is -0.393. The lowest BCUT2D eigenvalue weighted by Crippen LogP contribution is -2.15. The van der Waals surface area contributed by atoms with Gasteiger partial charge in [0.15, 0.2) is 0 Å². The second-order valence-corrected chi connectivity index (χ2v) is 3.15. The van der Waals surface area contributed by atoms with Gasteiger partial charge in [-0.1, -0.05) is 0 Å². The number of anilines is 1. The number of ether oxygens (including phenoxy) is 1. The van der Waals surface area contributed by atoms with Crippen molar-refractivity contribution in [3.05, 3.63) is 38.4 Å². The Morgan fingerprint density at radius 2 is 2.00 bits per heavy atom. The number of hydrogen-bond donors (Lipinski definition) is 1. The third-order valence-corrected chi connectivity index (χ3v) is 2.04. The highest BCUT2D eigenvalue weighted by molar-refractivity contribution is 5.77. The first-order valence-electron chi connectivity index (χ1n) is 4.69. The first-order chi connectivity index (χ1) is 8.45. The number of hydrogen-bond acceptors (Lipinski definition) is 7. The zero-order valence-corrected chi connectivity index (χ0v) is 9.28. The zero-order valence-electron chi connectivity index (χ0n) is 9.28. The Hall–Kier alpha value is -2.71. The minimum absolute atomic E-state index is 0.0102. The largest absolute Gasteiger partial charge is 0.468 e. The van der Waals surface area contributed by atoms with Crippen molar-refractivity contribution >= 4 is 23.0 Å². The normalized spacial score (nSPS) is 9.61. The van der Waals surface area contributed by atoms with Crippen LogP contribution >= 0.6 is 0 Å². The van der Waals surface area contributed by atoms with Crippen LogP contribution in [0.5, 0.6) is 0 Å². The van der Waals surface area contributed by atoms with E-state index in [1.807, 2.05) is 0 Å². The SMILES string of the molecule is COC(=O)CNc1ccc([N+](=O)[O-])cc1[N+](=O)[O-]. The molecular weight excluding hydrogens is 246 g/mol. The van der Waals surface area contributed by atoms with Crippen LogP contribution in [0.3, 0.4) is 0 Å². The summed E-state index contributed by atoms with van der Waals surface area (Å²) in [5.74, 6) is -0.609. The van der Waals surface area contributed by atoms with Gasteiger partial charge >= 0.3 is 5.97 Å². The van der Waals surface area contributed by atoms with Gasteiger partial charge in [0.1, 0.15) is 12.2 Å². The molecule has 96 valence electrons. The van der Waals surface area contributed by atoms with Crippen LogP contribution in [-0.2, 0) is 9.53 Å². The van der Waals surface area contributed by atoms with Gasteiger partial charge in [0.2, 0.25) is 0 Å². The van der Waals surface area contributed by atoms with Gasteiger partial charge < -0.3 is 10.1 Å². The van der Waals surface area contributed by atoms with Crippen molar-refractivity contribution in [1.82, 2.24) is 0 Å². The summed E-state index contributed by atoms with van der Waals surface area (Å²) in [6.07, 6.45) is 0. The van der Waals surface area contributed by atoms with E-state index in [-0.39, 0.29) is 12.2 Å². The number of non-ortho nitro benzene ring substituents is 1. The van der Waals surface area contributed by atoms with Crippen LogP contribution in [0.4, 0.5) is 17.1 Å². The van der Waals surface area contributed by atoms with Crippen LogP contribution in [0.25, 0.3) is 0 Å². The number of nitro benzene ring substituents is 2. The maximum atomic E-state index is 10.9. The number of nitrogens with one attached hydrogen (secondary N) is 1. The van der Waals surface area contributed by atoms with Crippen molar-refractivity contribution in [1.29, 1.82) is 0 Å². The van der Waals surface area contributed by atoms with E-state index in [1.165, 1.54) is 13.2 Å². The number of rotatable bonds is 5. The van der Waals surface area contributed by atoms with Gasteiger partial charge in [-0.3, -0.25) is 25.0 Å². The van der Waals surface area contributed by atoms with Crippen LogP contribution in [0.2, 0.25) is 0 Å². The summed E-state index contributed by atoms with van der Waals surface area (Å²) in [7, 11) is 1.17. The highest BCUT2D eigenvalue weighted by Gasteiger charge is 2.19. The van der Waals surface area contributed by atoms with Gasteiger partial charge in [-0.2, -0.15) is 0 Å². The smallest absolute Gasteiger partial charge is 0.325 e. The molecule has 0 amide bonds. The summed E-state index contributed by atoms with van der Waals surface area (Å²) >= 11 is 0. The van der Waals surface area contributed by atoms with E-state index in [9.17, 15) is 25.0 Å². The molecule has 0 heterocycles. The second kappa shape index (κ2) is 5.57. The molecule has 0 aliphatic carbocycles. The van der Waals surface area contributed by atoms with Crippen LogP contribution in [0.15, 0.2) is 18.2 Å².